The number of ether oxygens (including phenoxy) is 1. The van der Waals surface area contributed by atoms with E-state index in [2.05, 4.69) is 46.6 Å². The minimum atomic E-state index is 0.662. The Bertz CT molecular complexity index is 784. The van der Waals surface area contributed by atoms with Gasteiger partial charge in [-0.1, -0.05) is 18.2 Å². The minimum absolute atomic E-state index is 0.662. The molecule has 0 aliphatic carbocycles. The van der Waals surface area contributed by atoms with Gasteiger partial charge in [-0.05, 0) is 50.3 Å². The largest absolute Gasteiger partial charge is 0.494 e. The van der Waals surface area contributed by atoms with Crippen LogP contribution in [0.1, 0.15) is 12.0 Å². The molecule has 3 rings (SSSR count). The number of fused-ring (bicyclic) bond motifs is 1. The van der Waals surface area contributed by atoms with Crippen LogP contribution >= 0.6 is 0 Å². The summed E-state index contributed by atoms with van der Waals surface area (Å²) >= 11 is 0. The molecule has 24 heavy (non-hydrogen) atoms. The summed E-state index contributed by atoms with van der Waals surface area (Å²) in [6.45, 7) is 2.36. The third-order valence-electron chi connectivity index (χ3n) is 3.58. The monoisotopic (exact) mass is 325 g/mol. The van der Waals surface area contributed by atoms with Crippen LogP contribution in [0.4, 0.5) is 5.95 Å². The molecule has 3 aromatic rings. The lowest BCUT2D eigenvalue weighted by molar-refractivity contribution is 0.313. The summed E-state index contributed by atoms with van der Waals surface area (Å²) in [6.07, 6.45) is 2.84. The molecule has 0 aliphatic heterocycles. The standard InChI is InChI=1S/C18H23N5O/c1-22(2)14-15-7-5-8-16(13-15)24-12-6-10-19-18-21-20-17-9-3-4-11-23(17)18/h3-5,7-9,11,13H,6,10,12,14H2,1-2H3,(H,19,21). The van der Waals surface area contributed by atoms with Gasteiger partial charge in [-0.25, -0.2) is 0 Å². The molecule has 2 heterocycles. The van der Waals surface area contributed by atoms with Crippen molar-refractivity contribution in [2.24, 2.45) is 0 Å². The Morgan fingerprint density at radius 3 is 2.92 bits per heavy atom. The van der Waals surface area contributed by atoms with Crippen LogP contribution in [0.15, 0.2) is 48.7 Å². The van der Waals surface area contributed by atoms with Gasteiger partial charge in [-0.2, -0.15) is 0 Å². The van der Waals surface area contributed by atoms with Crippen molar-refractivity contribution in [1.29, 1.82) is 0 Å². The van der Waals surface area contributed by atoms with Crippen molar-refractivity contribution >= 4 is 11.6 Å². The number of benzene rings is 1. The van der Waals surface area contributed by atoms with Crippen LogP contribution in [0, 0.1) is 0 Å². The smallest absolute Gasteiger partial charge is 0.229 e. The third kappa shape index (κ3) is 4.23. The van der Waals surface area contributed by atoms with Gasteiger partial charge < -0.3 is 15.0 Å². The van der Waals surface area contributed by atoms with E-state index in [-0.39, 0.29) is 0 Å². The van der Waals surface area contributed by atoms with Crippen LogP contribution in [0.5, 0.6) is 5.75 Å². The number of hydrogen-bond acceptors (Lipinski definition) is 5. The number of hydrogen-bond donors (Lipinski definition) is 1. The molecule has 0 spiro atoms. The molecule has 0 saturated carbocycles. The first-order valence-electron chi connectivity index (χ1n) is 8.12. The summed E-state index contributed by atoms with van der Waals surface area (Å²) in [5.74, 6) is 1.68. The van der Waals surface area contributed by atoms with Gasteiger partial charge in [-0.15, -0.1) is 10.2 Å². The van der Waals surface area contributed by atoms with E-state index in [0.29, 0.717) is 6.61 Å². The molecule has 0 fully saturated rings. The first kappa shape index (κ1) is 16.3. The highest BCUT2D eigenvalue weighted by Crippen LogP contribution is 2.14. The molecule has 0 unspecified atom stereocenters. The molecular weight excluding hydrogens is 302 g/mol. The lowest BCUT2D eigenvalue weighted by Crippen LogP contribution is -2.11. The molecule has 1 aromatic carbocycles. The van der Waals surface area contributed by atoms with Gasteiger partial charge >= 0.3 is 0 Å². The van der Waals surface area contributed by atoms with Gasteiger partial charge in [0.2, 0.25) is 5.95 Å². The van der Waals surface area contributed by atoms with Gasteiger partial charge in [0.15, 0.2) is 5.65 Å². The maximum Gasteiger partial charge on any atom is 0.229 e. The third-order valence-corrected chi connectivity index (χ3v) is 3.58. The van der Waals surface area contributed by atoms with E-state index >= 15 is 0 Å². The number of aromatic nitrogens is 3. The molecule has 0 atom stereocenters. The van der Waals surface area contributed by atoms with E-state index in [1.54, 1.807) is 0 Å². The Hall–Kier alpha value is -2.60. The fraction of sp³-hybridized carbons (Fsp3) is 0.333. The molecule has 0 radical (unpaired) electrons. The van der Waals surface area contributed by atoms with Crippen molar-refractivity contribution in [2.45, 2.75) is 13.0 Å². The molecule has 0 saturated heterocycles. The van der Waals surface area contributed by atoms with Crippen molar-refractivity contribution in [3.05, 3.63) is 54.2 Å². The van der Waals surface area contributed by atoms with Crippen molar-refractivity contribution in [2.75, 3.05) is 32.6 Å². The molecule has 6 nitrogen and oxygen atoms in total. The van der Waals surface area contributed by atoms with Gasteiger partial charge in [0, 0.05) is 19.3 Å². The van der Waals surface area contributed by atoms with Gasteiger partial charge in [0.25, 0.3) is 0 Å². The summed E-state index contributed by atoms with van der Waals surface area (Å²) in [7, 11) is 4.13. The fourth-order valence-electron chi connectivity index (χ4n) is 2.52. The van der Waals surface area contributed by atoms with E-state index in [1.165, 1.54) is 5.56 Å². The van der Waals surface area contributed by atoms with E-state index in [0.717, 1.165) is 36.9 Å². The summed E-state index contributed by atoms with van der Waals surface area (Å²) in [5.41, 5.74) is 2.10. The molecule has 0 bridgehead atoms. The van der Waals surface area contributed by atoms with Crippen LogP contribution in [-0.2, 0) is 6.54 Å². The summed E-state index contributed by atoms with van der Waals surface area (Å²) in [6, 6.07) is 14.1. The lowest BCUT2D eigenvalue weighted by atomic mass is 10.2. The van der Waals surface area contributed by atoms with Gasteiger partial charge in [-0.3, -0.25) is 4.40 Å². The van der Waals surface area contributed by atoms with E-state index < -0.39 is 0 Å². The van der Waals surface area contributed by atoms with Crippen molar-refractivity contribution in [1.82, 2.24) is 19.5 Å². The Kier molecular flexibility index (Phi) is 5.28. The van der Waals surface area contributed by atoms with E-state index in [4.69, 9.17) is 4.74 Å². The highest BCUT2D eigenvalue weighted by molar-refractivity contribution is 5.44. The Morgan fingerprint density at radius 2 is 2.04 bits per heavy atom. The lowest BCUT2D eigenvalue weighted by Gasteiger charge is -2.12. The van der Waals surface area contributed by atoms with E-state index in [9.17, 15) is 0 Å². The highest BCUT2D eigenvalue weighted by atomic mass is 16.5. The van der Waals surface area contributed by atoms with Crippen LogP contribution in [0.3, 0.4) is 0 Å². The molecular formula is C18H23N5O. The Morgan fingerprint density at radius 1 is 1.12 bits per heavy atom. The number of pyridine rings is 1. The zero-order chi connectivity index (χ0) is 16.8. The zero-order valence-electron chi connectivity index (χ0n) is 14.1. The predicted molar refractivity (Wildman–Crippen MR) is 95.4 cm³/mol. The zero-order valence-corrected chi connectivity index (χ0v) is 14.1. The molecule has 1 N–H and O–H groups in total. The average molecular weight is 325 g/mol. The summed E-state index contributed by atoms with van der Waals surface area (Å²) < 4.78 is 7.77. The summed E-state index contributed by atoms with van der Waals surface area (Å²) in [5, 5.41) is 11.6. The maximum atomic E-state index is 5.83. The topological polar surface area (TPSA) is 54.7 Å². The van der Waals surface area contributed by atoms with Crippen LogP contribution < -0.4 is 10.1 Å². The molecule has 126 valence electrons. The molecule has 2 aromatic heterocycles. The quantitative estimate of drug-likeness (QED) is 0.645. The molecule has 0 amide bonds. The fourth-order valence-corrected chi connectivity index (χ4v) is 2.52. The normalized spacial score (nSPS) is 11.1. The Balaban J connectivity index is 1.44. The SMILES string of the molecule is CN(C)Cc1cccc(OCCCNc2nnc3ccccn23)c1. The number of nitrogens with one attached hydrogen (secondary N) is 1. The van der Waals surface area contributed by atoms with Crippen LogP contribution in [0.2, 0.25) is 0 Å². The van der Waals surface area contributed by atoms with Crippen molar-refractivity contribution in [3.63, 3.8) is 0 Å². The first-order chi connectivity index (χ1) is 11.7. The number of nitrogens with zero attached hydrogens (tertiary/aromatic N) is 4. The average Bonchev–Trinajstić information content (AvgIpc) is 2.98. The molecule has 6 heteroatoms. The highest BCUT2D eigenvalue weighted by Gasteiger charge is 2.03. The predicted octanol–water partition coefficient (Wildman–Crippen LogP) is 2.67. The Labute approximate surface area is 142 Å². The second-order valence-corrected chi connectivity index (χ2v) is 5.97. The van der Waals surface area contributed by atoms with Gasteiger partial charge in [0.1, 0.15) is 5.75 Å². The minimum Gasteiger partial charge on any atom is -0.494 e. The summed E-state index contributed by atoms with van der Waals surface area (Å²) in [4.78, 5) is 2.14. The molecule has 0 aliphatic rings. The van der Waals surface area contributed by atoms with Crippen molar-refractivity contribution < 1.29 is 4.74 Å². The number of anilines is 1. The first-order valence-corrected chi connectivity index (χ1v) is 8.12. The van der Waals surface area contributed by atoms with Crippen LogP contribution in [-0.4, -0.2) is 46.7 Å². The second-order valence-electron chi connectivity index (χ2n) is 5.97. The second kappa shape index (κ2) is 7.79. The van der Waals surface area contributed by atoms with Gasteiger partial charge in [0.05, 0.1) is 6.61 Å². The number of rotatable bonds is 8. The maximum absolute atomic E-state index is 5.83. The van der Waals surface area contributed by atoms with Crippen LogP contribution in [0.25, 0.3) is 5.65 Å². The van der Waals surface area contributed by atoms with E-state index in [1.807, 2.05) is 40.9 Å². The van der Waals surface area contributed by atoms with Crippen molar-refractivity contribution in [3.8, 4) is 5.75 Å².